The highest BCUT2D eigenvalue weighted by molar-refractivity contribution is 7.26. The lowest BCUT2D eigenvalue weighted by Gasteiger charge is -2.14. The monoisotopic (exact) mass is 588 g/mol. The van der Waals surface area contributed by atoms with Gasteiger partial charge in [-0.2, -0.15) is 0 Å². The van der Waals surface area contributed by atoms with Gasteiger partial charge in [0.15, 0.2) is 0 Å². The fourth-order valence-electron chi connectivity index (χ4n) is 7.13. The van der Waals surface area contributed by atoms with Gasteiger partial charge in [0, 0.05) is 36.7 Å². The van der Waals surface area contributed by atoms with Crippen LogP contribution >= 0.6 is 11.3 Å². The van der Waals surface area contributed by atoms with Crippen molar-refractivity contribution in [3.8, 4) is 22.5 Å². The fraction of sp³-hybridized carbons (Fsp3) is 0. The minimum absolute atomic E-state index is 0.899. The fourth-order valence-corrected chi connectivity index (χ4v) is 8.25. The standard InChI is InChI=1S/C42H24N2S/c1-2-9-27(10-3-1)40-41(44-42-31-11-5-4-8-25(31)18-22-35(42)43-40)29-17-19-30-28(24-29)15-14-26-16-20-33-32(38(26)30)21-23-37-39(33)34-12-6-7-13-36(34)45-37/h1-24H. The van der Waals surface area contributed by atoms with Crippen molar-refractivity contribution >= 4 is 85.6 Å². The van der Waals surface area contributed by atoms with E-state index >= 15 is 0 Å². The molecule has 10 rings (SSSR count). The molecule has 0 unspecified atom stereocenters. The van der Waals surface area contributed by atoms with E-state index in [0.717, 1.165) is 38.9 Å². The van der Waals surface area contributed by atoms with Gasteiger partial charge >= 0.3 is 0 Å². The predicted octanol–water partition coefficient (Wildman–Crippen LogP) is 11.9. The Labute approximate surface area is 262 Å². The molecule has 0 aliphatic carbocycles. The first-order chi connectivity index (χ1) is 22.3. The van der Waals surface area contributed by atoms with Gasteiger partial charge in [0.1, 0.15) is 0 Å². The topological polar surface area (TPSA) is 25.8 Å². The summed E-state index contributed by atoms with van der Waals surface area (Å²) in [7, 11) is 0. The van der Waals surface area contributed by atoms with E-state index in [-0.39, 0.29) is 0 Å². The van der Waals surface area contributed by atoms with Gasteiger partial charge < -0.3 is 0 Å². The van der Waals surface area contributed by atoms with Crippen LogP contribution in [0.4, 0.5) is 0 Å². The summed E-state index contributed by atoms with van der Waals surface area (Å²) in [6, 6.07) is 52.4. The molecule has 2 nitrogen and oxygen atoms in total. The van der Waals surface area contributed by atoms with Crippen LogP contribution in [0.1, 0.15) is 0 Å². The van der Waals surface area contributed by atoms with Gasteiger partial charge in [-0.15, -0.1) is 11.3 Å². The summed E-state index contributed by atoms with van der Waals surface area (Å²) >= 11 is 1.87. The van der Waals surface area contributed by atoms with Crippen LogP contribution in [-0.4, -0.2) is 9.97 Å². The van der Waals surface area contributed by atoms with Crippen molar-refractivity contribution in [2.75, 3.05) is 0 Å². The Morgan fingerprint density at radius 2 is 1.07 bits per heavy atom. The first-order valence-corrected chi connectivity index (χ1v) is 16.1. The first-order valence-electron chi connectivity index (χ1n) is 15.2. The van der Waals surface area contributed by atoms with Gasteiger partial charge in [0.2, 0.25) is 0 Å². The maximum absolute atomic E-state index is 5.36. The highest BCUT2D eigenvalue weighted by atomic mass is 32.1. The number of fused-ring (bicyclic) bond motifs is 12. The molecular formula is C42H24N2S. The van der Waals surface area contributed by atoms with Crippen molar-refractivity contribution in [1.82, 2.24) is 9.97 Å². The SMILES string of the molecule is c1ccc(-c2nc3ccc4ccccc4c3nc2-c2ccc3c(ccc4ccc5c(ccc6sc7ccccc7c65)c43)c2)cc1. The zero-order valence-corrected chi connectivity index (χ0v) is 25.0. The average molecular weight is 589 g/mol. The second kappa shape index (κ2) is 9.43. The molecule has 45 heavy (non-hydrogen) atoms. The van der Waals surface area contributed by atoms with Gasteiger partial charge in [0.25, 0.3) is 0 Å². The maximum atomic E-state index is 5.36. The van der Waals surface area contributed by atoms with Crippen LogP contribution in [0.5, 0.6) is 0 Å². The van der Waals surface area contributed by atoms with E-state index < -0.39 is 0 Å². The smallest absolute Gasteiger partial charge is 0.0973 e. The number of hydrogen-bond donors (Lipinski definition) is 0. The Bertz CT molecular complexity index is 2810. The van der Waals surface area contributed by atoms with Crippen LogP contribution in [0.3, 0.4) is 0 Å². The summed E-state index contributed by atoms with van der Waals surface area (Å²) in [6.07, 6.45) is 0. The maximum Gasteiger partial charge on any atom is 0.0973 e. The minimum atomic E-state index is 0.899. The largest absolute Gasteiger partial charge is 0.244 e. The van der Waals surface area contributed by atoms with Crippen molar-refractivity contribution in [2.45, 2.75) is 0 Å². The van der Waals surface area contributed by atoms with E-state index in [1.165, 1.54) is 57.9 Å². The number of thiophene rings is 1. The third-order valence-electron chi connectivity index (χ3n) is 9.21. The molecule has 2 aromatic heterocycles. The Morgan fingerprint density at radius 3 is 2.00 bits per heavy atom. The third-order valence-corrected chi connectivity index (χ3v) is 10.4. The predicted molar refractivity (Wildman–Crippen MR) is 193 cm³/mol. The minimum Gasteiger partial charge on any atom is -0.244 e. The molecule has 0 saturated heterocycles. The number of rotatable bonds is 2. The van der Waals surface area contributed by atoms with Crippen molar-refractivity contribution < 1.29 is 0 Å². The van der Waals surface area contributed by atoms with Crippen molar-refractivity contribution in [3.63, 3.8) is 0 Å². The molecule has 0 aliphatic rings. The van der Waals surface area contributed by atoms with E-state index in [4.69, 9.17) is 9.97 Å². The molecular weight excluding hydrogens is 565 g/mol. The van der Waals surface area contributed by atoms with Crippen LogP contribution in [0.15, 0.2) is 146 Å². The van der Waals surface area contributed by atoms with Crippen molar-refractivity contribution in [2.24, 2.45) is 0 Å². The zero-order chi connectivity index (χ0) is 29.5. The summed E-state index contributed by atoms with van der Waals surface area (Å²) in [4.78, 5) is 10.6. The van der Waals surface area contributed by atoms with Crippen molar-refractivity contribution in [1.29, 1.82) is 0 Å². The van der Waals surface area contributed by atoms with Gasteiger partial charge in [-0.3, -0.25) is 0 Å². The van der Waals surface area contributed by atoms with Gasteiger partial charge in [-0.25, -0.2) is 9.97 Å². The molecule has 0 saturated carbocycles. The number of aromatic nitrogens is 2. The number of benzene rings is 8. The normalized spacial score (nSPS) is 12.0. The van der Waals surface area contributed by atoms with Crippen LogP contribution in [-0.2, 0) is 0 Å². The van der Waals surface area contributed by atoms with E-state index in [9.17, 15) is 0 Å². The summed E-state index contributed by atoms with van der Waals surface area (Å²) < 4.78 is 2.67. The number of hydrogen-bond acceptors (Lipinski definition) is 3. The van der Waals surface area contributed by atoms with Gasteiger partial charge in [-0.05, 0) is 62.0 Å². The molecule has 0 aliphatic heterocycles. The zero-order valence-electron chi connectivity index (χ0n) is 24.2. The Hall–Kier alpha value is -5.64. The molecule has 0 bridgehead atoms. The third kappa shape index (κ3) is 3.68. The summed E-state index contributed by atoms with van der Waals surface area (Å²) in [5, 5.41) is 12.6. The Morgan fingerprint density at radius 1 is 0.378 bits per heavy atom. The summed E-state index contributed by atoms with van der Waals surface area (Å²) in [5.41, 5.74) is 5.76. The average Bonchev–Trinajstić information content (AvgIpc) is 3.50. The lowest BCUT2D eigenvalue weighted by molar-refractivity contribution is 1.30. The lowest BCUT2D eigenvalue weighted by Crippen LogP contribution is -1.96. The van der Waals surface area contributed by atoms with Crippen molar-refractivity contribution in [3.05, 3.63) is 146 Å². The van der Waals surface area contributed by atoms with Crippen LogP contribution in [0.2, 0.25) is 0 Å². The van der Waals surface area contributed by atoms with Crippen LogP contribution < -0.4 is 0 Å². The number of nitrogens with zero attached hydrogens (tertiary/aromatic N) is 2. The van der Waals surface area contributed by atoms with E-state index in [1.807, 2.05) is 17.4 Å². The van der Waals surface area contributed by atoms with Crippen LogP contribution in [0, 0.1) is 0 Å². The lowest BCUT2D eigenvalue weighted by atomic mass is 9.93. The van der Waals surface area contributed by atoms with Gasteiger partial charge in [0.05, 0.1) is 22.4 Å². The molecule has 0 amide bonds. The van der Waals surface area contributed by atoms with E-state index in [1.54, 1.807) is 0 Å². The molecule has 2 heterocycles. The second-order valence-corrected chi connectivity index (χ2v) is 12.8. The van der Waals surface area contributed by atoms with E-state index in [2.05, 4.69) is 140 Å². The van der Waals surface area contributed by atoms with Gasteiger partial charge in [-0.1, -0.05) is 121 Å². The Kier molecular flexibility index (Phi) is 5.19. The highest BCUT2D eigenvalue weighted by Crippen LogP contribution is 2.42. The summed E-state index contributed by atoms with van der Waals surface area (Å²) in [5.74, 6) is 0. The molecule has 3 heteroatoms. The molecule has 0 spiro atoms. The molecule has 0 fully saturated rings. The highest BCUT2D eigenvalue weighted by Gasteiger charge is 2.17. The van der Waals surface area contributed by atoms with E-state index in [0.29, 0.717) is 0 Å². The second-order valence-electron chi connectivity index (χ2n) is 11.7. The van der Waals surface area contributed by atoms with Crippen LogP contribution in [0.25, 0.3) is 96.8 Å². The molecule has 0 N–H and O–H groups in total. The molecule has 0 radical (unpaired) electrons. The Balaban J connectivity index is 1.25. The molecule has 8 aromatic carbocycles. The molecule has 0 atom stereocenters. The first kappa shape index (κ1) is 24.8. The summed E-state index contributed by atoms with van der Waals surface area (Å²) in [6.45, 7) is 0. The quantitative estimate of drug-likeness (QED) is 0.188. The molecule has 10 aromatic rings. The molecule has 208 valence electrons.